The maximum atomic E-state index is 11.1. The van der Waals surface area contributed by atoms with Crippen LogP contribution in [-0.4, -0.2) is 35.0 Å². The summed E-state index contributed by atoms with van der Waals surface area (Å²) in [6.07, 6.45) is 0. The van der Waals surface area contributed by atoms with Gasteiger partial charge in [-0.2, -0.15) is 23.4 Å². The minimum atomic E-state index is -4.34. The SMILES string of the molecule is CNc1nc(C)nc(Nc2ccc(S(=O)(=O)O)c(N)c2)n1. The van der Waals surface area contributed by atoms with E-state index in [0.717, 1.165) is 0 Å². The van der Waals surface area contributed by atoms with Crippen LogP contribution in [0.1, 0.15) is 5.82 Å². The van der Waals surface area contributed by atoms with Crippen LogP contribution in [0.15, 0.2) is 23.1 Å². The van der Waals surface area contributed by atoms with E-state index in [1.165, 1.54) is 18.2 Å². The number of nitrogens with one attached hydrogen (secondary N) is 2. The van der Waals surface area contributed by atoms with E-state index < -0.39 is 10.1 Å². The van der Waals surface area contributed by atoms with Crippen molar-refractivity contribution >= 4 is 33.4 Å². The molecule has 112 valence electrons. The summed E-state index contributed by atoms with van der Waals surface area (Å²) in [7, 11) is -2.67. The number of nitrogen functional groups attached to an aromatic ring is 1. The molecule has 5 N–H and O–H groups in total. The monoisotopic (exact) mass is 310 g/mol. The van der Waals surface area contributed by atoms with Crippen LogP contribution < -0.4 is 16.4 Å². The van der Waals surface area contributed by atoms with Crippen LogP contribution in [-0.2, 0) is 10.1 Å². The van der Waals surface area contributed by atoms with Gasteiger partial charge in [0.1, 0.15) is 10.7 Å². The molecule has 0 saturated carbocycles. The Morgan fingerprint density at radius 1 is 1.19 bits per heavy atom. The van der Waals surface area contributed by atoms with E-state index in [2.05, 4.69) is 25.6 Å². The molecule has 1 aromatic carbocycles. The fourth-order valence-corrected chi connectivity index (χ4v) is 2.24. The largest absolute Gasteiger partial charge is 0.398 e. The highest BCUT2D eigenvalue weighted by Crippen LogP contribution is 2.23. The standard InChI is InChI=1S/C11H14N6O3S/c1-6-14-10(13-2)17-11(15-6)16-7-3-4-9(8(12)5-7)21(18,19)20/h3-5H,12H2,1-2H3,(H,18,19,20)(H2,13,14,15,16,17). The van der Waals surface area contributed by atoms with Crippen LogP contribution in [0.3, 0.4) is 0 Å². The Bertz CT molecular complexity index is 778. The Balaban J connectivity index is 2.33. The second-order valence-corrected chi connectivity index (χ2v) is 5.52. The van der Waals surface area contributed by atoms with Crippen LogP contribution in [0.25, 0.3) is 0 Å². The second-order valence-electron chi connectivity index (χ2n) is 4.13. The van der Waals surface area contributed by atoms with Crippen molar-refractivity contribution in [2.24, 2.45) is 0 Å². The van der Waals surface area contributed by atoms with Gasteiger partial charge in [0.05, 0.1) is 5.69 Å². The summed E-state index contributed by atoms with van der Waals surface area (Å²) in [5.74, 6) is 1.19. The molecule has 10 heteroatoms. The van der Waals surface area contributed by atoms with E-state index in [1.54, 1.807) is 14.0 Å². The molecule has 21 heavy (non-hydrogen) atoms. The molecule has 1 heterocycles. The summed E-state index contributed by atoms with van der Waals surface area (Å²) in [5, 5.41) is 5.68. The molecule has 2 aromatic rings. The molecule has 0 aliphatic rings. The molecule has 0 radical (unpaired) electrons. The smallest absolute Gasteiger partial charge is 0.296 e. The van der Waals surface area contributed by atoms with E-state index in [-0.39, 0.29) is 16.5 Å². The molecule has 0 aliphatic carbocycles. The van der Waals surface area contributed by atoms with Gasteiger partial charge in [0.25, 0.3) is 10.1 Å². The highest BCUT2D eigenvalue weighted by Gasteiger charge is 2.14. The van der Waals surface area contributed by atoms with Gasteiger partial charge in [-0.1, -0.05) is 0 Å². The highest BCUT2D eigenvalue weighted by molar-refractivity contribution is 7.86. The molecule has 0 bridgehead atoms. The van der Waals surface area contributed by atoms with Gasteiger partial charge in [0.15, 0.2) is 0 Å². The molecule has 2 rings (SSSR count). The Labute approximate surface area is 121 Å². The molecule has 0 amide bonds. The van der Waals surface area contributed by atoms with Crippen LogP contribution >= 0.6 is 0 Å². The molecule has 0 fully saturated rings. The van der Waals surface area contributed by atoms with Crippen molar-refractivity contribution in [2.45, 2.75) is 11.8 Å². The molecule has 0 aliphatic heterocycles. The molecular weight excluding hydrogens is 296 g/mol. The summed E-state index contributed by atoms with van der Waals surface area (Å²) >= 11 is 0. The molecule has 0 saturated heterocycles. The van der Waals surface area contributed by atoms with Crippen LogP contribution in [0.4, 0.5) is 23.3 Å². The van der Waals surface area contributed by atoms with Gasteiger partial charge >= 0.3 is 0 Å². The normalized spacial score (nSPS) is 11.2. The van der Waals surface area contributed by atoms with Gasteiger partial charge in [-0.15, -0.1) is 0 Å². The number of nitrogens with zero attached hydrogens (tertiary/aromatic N) is 3. The van der Waals surface area contributed by atoms with E-state index in [4.69, 9.17) is 10.3 Å². The first kappa shape index (κ1) is 14.9. The Morgan fingerprint density at radius 3 is 2.43 bits per heavy atom. The molecule has 1 aromatic heterocycles. The maximum Gasteiger partial charge on any atom is 0.296 e. The summed E-state index contributed by atoms with van der Waals surface area (Å²) in [6, 6.07) is 4.00. The van der Waals surface area contributed by atoms with Crippen LogP contribution in [0.2, 0.25) is 0 Å². The van der Waals surface area contributed by atoms with Crippen molar-refractivity contribution in [3.05, 3.63) is 24.0 Å². The van der Waals surface area contributed by atoms with E-state index in [9.17, 15) is 8.42 Å². The van der Waals surface area contributed by atoms with Gasteiger partial charge in [-0.3, -0.25) is 4.55 Å². The number of hydrogen-bond donors (Lipinski definition) is 4. The topological polar surface area (TPSA) is 143 Å². The van der Waals surface area contributed by atoms with Crippen LogP contribution in [0.5, 0.6) is 0 Å². The summed E-state index contributed by atoms with van der Waals surface area (Å²) in [6.45, 7) is 1.71. The van der Waals surface area contributed by atoms with E-state index in [0.29, 0.717) is 17.5 Å². The number of aromatic nitrogens is 3. The Morgan fingerprint density at radius 2 is 1.86 bits per heavy atom. The number of benzene rings is 1. The Hall–Kier alpha value is -2.46. The van der Waals surface area contributed by atoms with Gasteiger partial charge in [-0.25, -0.2) is 0 Å². The maximum absolute atomic E-state index is 11.1. The van der Waals surface area contributed by atoms with Gasteiger partial charge < -0.3 is 16.4 Å². The summed E-state index contributed by atoms with van der Waals surface area (Å²) in [5.41, 5.74) is 6.00. The molecule has 0 atom stereocenters. The summed E-state index contributed by atoms with van der Waals surface area (Å²) in [4.78, 5) is 11.9. The average molecular weight is 310 g/mol. The zero-order valence-corrected chi connectivity index (χ0v) is 12.1. The average Bonchev–Trinajstić information content (AvgIpc) is 2.36. The lowest BCUT2D eigenvalue weighted by atomic mass is 10.3. The number of nitrogens with two attached hydrogens (primary N) is 1. The van der Waals surface area contributed by atoms with Gasteiger partial charge in [0, 0.05) is 12.7 Å². The first-order valence-corrected chi connectivity index (χ1v) is 7.28. The number of rotatable bonds is 4. The lowest BCUT2D eigenvalue weighted by molar-refractivity contribution is 0.483. The highest BCUT2D eigenvalue weighted by atomic mass is 32.2. The third-order valence-electron chi connectivity index (χ3n) is 2.51. The second kappa shape index (κ2) is 5.50. The van der Waals surface area contributed by atoms with Crippen molar-refractivity contribution in [1.29, 1.82) is 0 Å². The number of hydrogen-bond acceptors (Lipinski definition) is 8. The predicted molar refractivity (Wildman–Crippen MR) is 78.1 cm³/mol. The fraction of sp³-hybridized carbons (Fsp3) is 0.182. The predicted octanol–water partition coefficient (Wildman–Crippen LogP) is 0.794. The minimum Gasteiger partial charge on any atom is -0.398 e. The van der Waals surface area contributed by atoms with Crippen LogP contribution in [0, 0.1) is 6.92 Å². The van der Waals surface area contributed by atoms with Gasteiger partial charge in [-0.05, 0) is 25.1 Å². The fourth-order valence-electron chi connectivity index (χ4n) is 1.64. The Kier molecular flexibility index (Phi) is 3.91. The van der Waals surface area contributed by atoms with Gasteiger partial charge in [0.2, 0.25) is 11.9 Å². The molecule has 0 spiro atoms. The number of anilines is 4. The van der Waals surface area contributed by atoms with Crippen molar-refractivity contribution in [1.82, 2.24) is 15.0 Å². The zero-order valence-electron chi connectivity index (χ0n) is 11.3. The minimum absolute atomic E-state index is 0.0814. The quantitative estimate of drug-likeness (QED) is 0.476. The van der Waals surface area contributed by atoms with Crippen molar-refractivity contribution in [3.8, 4) is 0 Å². The third-order valence-corrected chi connectivity index (χ3v) is 3.44. The molecule has 0 unspecified atom stereocenters. The number of aryl methyl sites for hydroxylation is 1. The molecule has 9 nitrogen and oxygen atoms in total. The van der Waals surface area contributed by atoms with Crippen molar-refractivity contribution in [3.63, 3.8) is 0 Å². The van der Waals surface area contributed by atoms with Crippen molar-refractivity contribution in [2.75, 3.05) is 23.4 Å². The third kappa shape index (κ3) is 3.55. The first-order chi connectivity index (χ1) is 9.79. The first-order valence-electron chi connectivity index (χ1n) is 5.84. The zero-order chi connectivity index (χ0) is 15.6. The van der Waals surface area contributed by atoms with E-state index >= 15 is 0 Å². The van der Waals surface area contributed by atoms with E-state index in [1.807, 2.05) is 0 Å². The molecular formula is C11H14N6O3S. The lowest BCUT2D eigenvalue weighted by Gasteiger charge is -2.09. The van der Waals surface area contributed by atoms with Crippen molar-refractivity contribution < 1.29 is 13.0 Å². The lowest BCUT2D eigenvalue weighted by Crippen LogP contribution is -2.06. The summed E-state index contributed by atoms with van der Waals surface area (Å²) < 4.78 is 31.1.